The van der Waals surface area contributed by atoms with E-state index in [-0.39, 0.29) is 0 Å². The zero-order valence-corrected chi connectivity index (χ0v) is 18.1. The lowest BCUT2D eigenvalue weighted by atomic mass is 10.1. The molecule has 0 saturated carbocycles. The summed E-state index contributed by atoms with van der Waals surface area (Å²) in [6.07, 6.45) is 22.8. The second kappa shape index (κ2) is 16.4. The Hall–Kier alpha value is -0.790. The van der Waals surface area contributed by atoms with Crippen molar-refractivity contribution < 1.29 is 4.58 Å². The summed E-state index contributed by atoms with van der Waals surface area (Å²) in [7, 11) is 0. The van der Waals surface area contributed by atoms with Crippen molar-refractivity contribution in [2.24, 2.45) is 0 Å². The summed E-state index contributed by atoms with van der Waals surface area (Å²) in [6.45, 7) is 13.4. The van der Waals surface area contributed by atoms with E-state index in [9.17, 15) is 0 Å². The van der Waals surface area contributed by atoms with Crippen LogP contribution in [0.4, 0.5) is 0 Å². The fourth-order valence-electron chi connectivity index (χ4n) is 4.14. The van der Waals surface area contributed by atoms with E-state index in [1.54, 1.807) is 5.84 Å². The first-order valence-corrected chi connectivity index (χ1v) is 11.8. The van der Waals surface area contributed by atoms with Crippen molar-refractivity contribution in [1.82, 2.24) is 4.90 Å². The Morgan fingerprint density at radius 1 is 0.846 bits per heavy atom. The number of nitrogens with zero attached hydrogens (tertiary/aromatic N) is 2. The maximum absolute atomic E-state index is 3.80. The molecule has 1 aliphatic heterocycles. The minimum Gasteiger partial charge on any atom is -0.262 e. The summed E-state index contributed by atoms with van der Waals surface area (Å²) in [5, 5.41) is 0. The Labute approximate surface area is 164 Å². The molecule has 1 heterocycles. The molecule has 0 unspecified atom stereocenters. The largest absolute Gasteiger partial charge is 0.262 e. The van der Waals surface area contributed by atoms with Gasteiger partial charge in [0.25, 0.3) is 0 Å². The highest BCUT2D eigenvalue weighted by molar-refractivity contribution is 5.78. The van der Waals surface area contributed by atoms with Crippen LogP contribution in [0.3, 0.4) is 0 Å². The minimum atomic E-state index is 1.19. The first kappa shape index (κ1) is 23.2. The Morgan fingerprint density at radius 3 is 2.12 bits per heavy atom. The van der Waals surface area contributed by atoms with Gasteiger partial charge in [-0.15, -0.1) is 6.58 Å². The van der Waals surface area contributed by atoms with Crippen LogP contribution in [0.15, 0.2) is 12.7 Å². The monoisotopic (exact) mass is 363 g/mol. The number of amidine groups is 1. The average molecular weight is 364 g/mol. The van der Waals surface area contributed by atoms with E-state index in [0.717, 1.165) is 0 Å². The van der Waals surface area contributed by atoms with E-state index in [1.165, 1.54) is 122 Å². The third-order valence-electron chi connectivity index (χ3n) is 5.84. The van der Waals surface area contributed by atoms with Gasteiger partial charge in [0.1, 0.15) is 13.1 Å². The van der Waals surface area contributed by atoms with Crippen LogP contribution in [0, 0.1) is 0 Å². The number of rotatable bonds is 18. The fourth-order valence-corrected chi connectivity index (χ4v) is 4.14. The lowest BCUT2D eigenvalue weighted by Gasteiger charge is -2.11. The SMILES string of the molecule is C=CCCCCCCCCC[N+]1=C(CCCCCCCC)N(CC)CC1. The molecule has 0 spiro atoms. The zero-order chi connectivity index (χ0) is 18.9. The molecule has 1 aliphatic rings. The highest BCUT2D eigenvalue weighted by Crippen LogP contribution is 2.14. The number of allylic oxidation sites excluding steroid dienone is 1. The van der Waals surface area contributed by atoms with Crippen LogP contribution in [0.5, 0.6) is 0 Å². The molecule has 0 aromatic heterocycles. The smallest absolute Gasteiger partial charge is 0.247 e. The summed E-state index contributed by atoms with van der Waals surface area (Å²) >= 11 is 0. The van der Waals surface area contributed by atoms with E-state index in [2.05, 4.69) is 36.0 Å². The normalized spacial score (nSPS) is 14.5. The van der Waals surface area contributed by atoms with E-state index in [4.69, 9.17) is 0 Å². The molecule has 0 saturated heterocycles. The topological polar surface area (TPSA) is 6.25 Å². The van der Waals surface area contributed by atoms with Crippen molar-refractivity contribution in [3.63, 3.8) is 0 Å². The molecule has 0 aliphatic carbocycles. The van der Waals surface area contributed by atoms with Crippen LogP contribution in [0.2, 0.25) is 0 Å². The number of likely N-dealkylation sites (N-methyl/N-ethyl adjacent to an activating group) is 1. The van der Waals surface area contributed by atoms with Crippen LogP contribution in [-0.4, -0.2) is 41.5 Å². The first-order chi connectivity index (χ1) is 12.8. The van der Waals surface area contributed by atoms with Gasteiger partial charge in [0.05, 0.1) is 13.1 Å². The Balaban J connectivity index is 2.18. The molecule has 0 atom stereocenters. The first-order valence-electron chi connectivity index (χ1n) is 11.8. The maximum atomic E-state index is 3.80. The van der Waals surface area contributed by atoms with Crippen molar-refractivity contribution >= 4 is 5.84 Å². The molecule has 26 heavy (non-hydrogen) atoms. The van der Waals surface area contributed by atoms with Gasteiger partial charge in [-0.05, 0) is 39.0 Å². The second-order valence-corrected chi connectivity index (χ2v) is 8.05. The van der Waals surface area contributed by atoms with Crippen LogP contribution in [0.1, 0.15) is 110 Å². The van der Waals surface area contributed by atoms with Gasteiger partial charge in [0.15, 0.2) is 0 Å². The van der Waals surface area contributed by atoms with Gasteiger partial charge in [0.2, 0.25) is 5.84 Å². The zero-order valence-electron chi connectivity index (χ0n) is 18.1. The van der Waals surface area contributed by atoms with Gasteiger partial charge in [-0.25, -0.2) is 0 Å². The maximum Gasteiger partial charge on any atom is 0.247 e. The van der Waals surface area contributed by atoms with Crippen molar-refractivity contribution in [2.75, 3.05) is 26.2 Å². The Bertz CT molecular complexity index is 372. The molecule has 2 nitrogen and oxygen atoms in total. The molecular weight excluding hydrogens is 316 g/mol. The molecule has 0 bridgehead atoms. The second-order valence-electron chi connectivity index (χ2n) is 8.05. The predicted molar refractivity (Wildman–Crippen MR) is 117 cm³/mol. The third kappa shape index (κ3) is 10.4. The summed E-state index contributed by atoms with van der Waals surface area (Å²) in [6, 6.07) is 0. The van der Waals surface area contributed by atoms with E-state index in [1.807, 2.05) is 0 Å². The molecule has 1 rings (SSSR count). The van der Waals surface area contributed by atoms with Crippen molar-refractivity contribution in [3.8, 4) is 0 Å². The summed E-state index contributed by atoms with van der Waals surface area (Å²) in [4.78, 5) is 2.63. The molecule has 0 amide bonds. The highest BCUT2D eigenvalue weighted by atomic mass is 15.3. The van der Waals surface area contributed by atoms with Crippen LogP contribution >= 0.6 is 0 Å². The lowest BCUT2D eigenvalue weighted by molar-refractivity contribution is -0.519. The minimum absolute atomic E-state index is 1.19. The van der Waals surface area contributed by atoms with Gasteiger partial charge < -0.3 is 0 Å². The fraction of sp³-hybridized carbons (Fsp3) is 0.875. The van der Waals surface area contributed by atoms with Gasteiger partial charge in [-0.3, -0.25) is 9.48 Å². The average Bonchev–Trinajstić information content (AvgIpc) is 3.05. The third-order valence-corrected chi connectivity index (χ3v) is 5.84. The molecule has 0 radical (unpaired) electrons. The summed E-state index contributed by atoms with van der Waals surface area (Å²) in [5.74, 6) is 1.66. The molecule has 0 aromatic rings. The summed E-state index contributed by atoms with van der Waals surface area (Å²) < 4.78 is 2.71. The molecule has 0 N–H and O–H groups in total. The van der Waals surface area contributed by atoms with Crippen molar-refractivity contribution in [2.45, 2.75) is 110 Å². The predicted octanol–water partition coefficient (Wildman–Crippen LogP) is 6.79. The van der Waals surface area contributed by atoms with E-state index < -0.39 is 0 Å². The van der Waals surface area contributed by atoms with Crippen molar-refractivity contribution in [3.05, 3.63) is 12.7 Å². The standard InChI is InChI=1S/C24H47N2/c1-4-7-9-11-13-14-15-17-19-21-26-23-22-25(6-3)24(26)20-18-16-12-10-8-5-2/h4H,1,5-23H2,2-3H3/q+1. The van der Waals surface area contributed by atoms with E-state index >= 15 is 0 Å². The van der Waals surface area contributed by atoms with Crippen LogP contribution < -0.4 is 0 Å². The molecule has 2 heteroatoms. The molecule has 0 fully saturated rings. The molecule has 0 aromatic carbocycles. The Morgan fingerprint density at radius 2 is 1.46 bits per heavy atom. The molecule has 152 valence electrons. The van der Waals surface area contributed by atoms with Crippen LogP contribution in [-0.2, 0) is 0 Å². The number of hydrogen-bond donors (Lipinski definition) is 0. The highest BCUT2D eigenvalue weighted by Gasteiger charge is 2.27. The summed E-state index contributed by atoms with van der Waals surface area (Å²) in [5.41, 5.74) is 0. The number of hydrogen-bond acceptors (Lipinski definition) is 1. The van der Waals surface area contributed by atoms with Crippen LogP contribution in [0.25, 0.3) is 0 Å². The van der Waals surface area contributed by atoms with E-state index in [0.29, 0.717) is 0 Å². The molecular formula is C24H47N2+. The Kier molecular flexibility index (Phi) is 14.7. The van der Waals surface area contributed by atoms with Crippen molar-refractivity contribution in [1.29, 1.82) is 0 Å². The van der Waals surface area contributed by atoms with Gasteiger partial charge in [-0.1, -0.05) is 70.8 Å². The quantitative estimate of drug-likeness (QED) is 0.148. The van der Waals surface area contributed by atoms with Gasteiger partial charge >= 0.3 is 0 Å². The van der Waals surface area contributed by atoms with Gasteiger partial charge in [-0.2, -0.15) is 0 Å². The number of unbranched alkanes of at least 4 members (excludes halogenated alkanes) is 12. The van der Waals surface area contributed by atoms with Gasteiger partial charge in [0, 0.05) is 6.42 Å². The lowest BCUT2D eigenvalue weighted by Crippen LogP contribution is -2.29.